The van der Waals surface area contributed by atoms with Crippen LogP contribution in [0.3, 0.4) is 0 Å². The molecule has 0 fully saturated rings. The first-order chi connectivity index (χ1) is 30.9. The second-order valence-electron chi connectivity index (χ2n) is 15.1. The van der Waals surface area contributed by atoms with Gasteiger partial charge in [0.1, 0.15) is 13.2 Å². The molecule has 0 aliphatic rings. The second-order valence-corrected chi connectivity index (χ2v) is 16.0. The van der Waals surface area contributed by atoms with Crippen LogP contribution in [0.4, 0.5) is 22.7 Å². The van der Waals surface area contributed by atoms with Crippen LogP contribution in [-0.4, -0.2) is 50.9 Å². The van der Waals surface area contributed by atoms with Gasteiger partial charge in [-0.1, -0.05) is 97.1 Å². The molecule has 0 unspecified atom stereocenters. The lowest BCUT2D eigenvalue weighted by molar-refractivity contribution is 0.0750. The van der Waals surface area contributed by atoms with Gasteiger partial charge in [0.15, 0.2) is 33.2 Å². The van der Waals surface area contributed by atoms with E-state index >= 15 is 0 Å². The second kappa shape index (κ2) is 17.3. The Morgan fingerprint density at radius 1 is 0.397 bits per heavy atom. The molecule has 0 radical (unpaired) electrons. The molecule has 11 heteroatoms. The van der Waals surface area contributed by atoms with E-state index in [2.05, 4.69) is 130 Å². The van der Waals surface area contributed by atoms with Gasteiger partial charge in [0, 0.05) is 45.7 Å². The van der Waals surface area contributed by atoms with Gasteiger partial charge in [-0.15, -0.1) is 0 Å². The van der Waals surface area contributed by atoms with E-state index in [1.54, 1.807) is 14.2 Å². The van der Waals surface area contributed by atoms with E-state index in [1.807, 2.05) is 36.4 Å². The number of methoxy groups -OCH3 is 2. The molecule has 312 valence electrons. The van der Waals surface area contributed by atoms with Gasteiger partial charge < -0.3 is 45.0 Å². The maximum Gasteiger partial charge on any atom is 0.175 e. The van der Waals surface area contributed by atoms with Crippen LogP contribution in [0.2, 0.25) is 0 Å². The maximum atomic E-state index is 6.01. The molecule has 0 atom stereocenters. The summed E-state index contributed by atoms with van der Waals surface area (Å²) in [4.78, 5) is 0. The summed E-state index contributed by atoms with van der Waals surface area (Å²) in [6.45, 7) is 1.36. The monoisotopic (exact) mass is 866 g/mol. The predicted octanol–water partition coefficient (Wildman–Crippen LogP) is 12.6. The predicted molar refractivity (Wildman–Crippen MR) is 268 cm³/mol. The van der Waals surface area contributed by atoms with Crippen molar-refractivity contribution in [2.75, 3.05) is 61.9 Å². The van der Waals surface area contributed by atoms with Crippen molar-refractivity contribution < 1.29 is 23.7 Å². The van der Waals surface area contributed by atoms with Gasteiger partial charge >= 0.3 is 0 Å². The number of anilines is 4. The molecule has 0 aliphatic heterocycles. The Morgan fingerprint density at radius 2 is 0.778 bits per heavy atom. The van der Waals surface area contributed by atoms with Crippen LogP contribution in [0.15, 0.2) is 146 Å². The fraction of sp³-hybridized carbons (Fsp3) is 0.115. The number of rotatable bonds is 14. The average molecular weight is 867 g/mol. The third-order valence-electron chi connectivity index (χ3n) is 11.4. The summed E-state index contributed by atoms with van der Waals surface area (Å²) in [5.41, 5.74) is 3.40. The molecule has 0 amide bonds. The number of hydrogen-bond donors (Lipinski definition) is 4. The van der Waals surface area contributed by atoms with Gasteiger partial charge in [-0.05, 0) is 115 Å². The molecule has 0 saturated heterocycles. The van der Waals surface area contributed by atoms with Gasteiger partial charge in [-0.25, -0.2) is 0 Å². The highest BCUT2D eigenvalue weighted by Gasteiger charge is 2.15. The smallest absolute Gasteiger partial charge is 0.175 e. The van der Waals surface area contributed by atoms with Crippen LogP contribution >= 0.6 is 24.4 Å². The summed E-state index contributed by atoms with van der Waals surface area (Å²) < 4.78 is 29.1. The van der Waals surface area contributed by atoms with Gasteiger partial charge in [0.05, 0.1) is 27.4 Å². The van der Waals surface area contributed by atoms with E-state index < -0.39 is 0 Å². The van der Waals surface area contributed by atoms with Crippen molar-refractivity contribution in [3.63, 3.8) is 0 Å². The van der Waals surface area contributed by atoms with Crippen LogP contribution in [-0.2, 0) is 4.74 Å². The third-order valence-corrected chi connectivity index (χ3v) is 11.8. The normalized spacial score (nSPS) is 11.5. The quantitative estimate of drug-likeness (QED) is 0.0478. The number of benzene rings is 10. The SMILES string of the molecule is COc1cc(NC(=S)Nc2ccc3ccc4cccc5ccc2c3c45)ccc1OCCOCCOc1ccc(NC(=S)Nc2ccc3ccc4cccc5ccc2c3c45)cc1OC. The molecule has 0 bridgehead atoms. The first-order valence-electron chi connectivity index (χ1n) is 20.6. The summed E-state index contributed by atoms with van der Waals surface area (Å²) in [6.07, 6.45) is 0. The van der Waals surface area contributed by atoms with Gasteiger partial charge in [-0.2, -0.15) is 0 Å². The van der Waals surface area contributed by atoms with Crippen molar-refractivity contribution in [3.8, 4) is 23.0 Å². The fourth-order valence-corrected chi connectivity index (χ4v) is 8.97. The molecular weight excluding hydrogens is 825 g/mol. The zero-order chi connectivity index (χ0) is 42.9. The van der Waals surface area contributed by atoms with Crippen molar-refractivity contribution in [1.82, 2.24) is 0 Å². The molecule has 0 aromatic heterocycles. The molecule has 0 spiro atoms. The number of thiocarbonyl (C=S) groups is 2. The zero-order valence-electron chi connectivity index (χ0n) is 34.5. The van der Waals surface area contributed by atoms with Gasteiger partial charge in [-0.3, -0.25) is 0 Å². The molecule has 0 aliphatic carbocycles. The molecule has 10 aromatic carbocycles. The summed E-state index contributed by atoms with van der Waals surface area (Å²) in [6, 6.07) is 49.8. The lowest BCUT2D eigenvalue weighted by Gasteiger charge is -2.17. The van der Waals surface area contributed by atoms with E-state index in [0.29, 0.717) is 59.7 Å². The van der Waals surface area contributed by atoms with Crippen LogP contribution in [0.5, 0.6) is 23.0 Å². The zero-order valence-corrected chi connectivity index (χ0v) is 36.2. The molecule has 10 aromatic rings. The van der Waals surface area contributed by atoms with Crippen LogP contribution in [0.1, 0.15) is 0 Å². The summed E-state index contributed by atoms with van der Waals surface area (Å²) in [5, 5.41) is 28.8. The van der Waals surface area contributed by atoms with Crippen LogP contribution in [0, 0.1) is 0 Å². The summed E-state index contributed by atoms with van der Waals surface area (Å²) >= 11 is 11.5. The highest BCUT2D eigenvalue weighted by Crippen LogP contribution is 2.40. The number of nitrogens with one attached hydrogen (secondary N) is 4. The molecular formula is C52H42N4O5S2. The van der Waals surface area contributed by atoms with Crippen molar-refractivity contribution in [3.05, 3.63) is 146 Å². The Balaban J connectivity index is 0.686. The van der Waals surface area contributed by atoms with Crippen molar-refractivity contribution >= 4 is 122 Å². The topological polar surface area (TPSA) is 94.3 Å². The van der Waals surface area contributed by atoms with E-state index in [-0.39, 0.29) is 0 Å². The minimum atomic E-state index is 0.323. The Labute approximate surface area is 374 Å². The lowest BCUT2D eigenvalue weighted by atomic mass is 9.93. The lowest BCUT2D eigenvalue weighted by Crippen LogP contribution is -2.19. The molecule has 0 heterocycles. The van der Waals surface area contributed by atoms with Crippen molar-refractivity contribution in [1.29, 1.82) is 0 Å². The number of hydrogen-bond acceptors (Lipinski definition) is 7. The Morgan fingerprint density at radius 3 is 1.19 bits per heavy atom. The molecule has 10 rings (SSSR count). The first kappa shape index (κ1) is 39.9. The highest BCUT2D eigenvalue weighted by atomic mass is 32.1. The van der Waals surface area contributed by atoms with Crippen molar-refractivity contribution in [2.45, 2.75) is 0 Å². The summed E-state index contributed by atoms with van der Waals surface area (Å²) in [5.74, 6) is 2.33. The maximum absolute atomic E-state index is 6.01. The minimum absolute atomic E-state index is 0.323. The Hall–Kier alpha value is -7.18. The fourth-order valence-electron chi connectivity index (χ4n) is 8.51. The molecule has 0 saturated carbocycles. The van der Waals surface area contributed by atoms with E-state index in [1.165, 1.54) is 53.9 Å². The van der Waals surface area contributed by atoms with E-state index in [4.69, 9.17) is 48.1 Å². The molecule has 63 heavy (non-hydrogen) atoms. The minimum Gasteiger partial charge on any atom is -0.493 e. The first-order valence-corrected chi connectivity index (χ1v) is 21.4. The van der Waals surface area contributed by atoms with E-state index in [9.17, 15) is 0 Å². The van der Waals surface area contributed by atoms with E-state index in [0.717, 1.165) is 33.5 Å². The Kier molecular flexibility index (Phi) is 11.0. The van der Waals surface area contributed by atoms with Gasteiger partial charge in [0.2, 0.25) is 0 Å². The largest absolute Gasteiger partial charge is 0.493 e. The van der Waals surface area contributed by atoms with Gasteiger partial charge in [0.25, 0.3) is 0 Å². The third kappa shape index (κ3) is 7.94. The number of ether oxygens (including phenoxy) is 5. The average Bonchev–Trinajstić information content (AvgIpc) is 3.31. The summed E-state index contributed by atoms with van der Waals surface area (Å²) in [7, 11) is 3.22. The van der Waals surface area contributed by atoms with Crippen LogP contribution < -0.4 is 40.2 Å². The highest BCUT2D eigenvalue weighted by molar-refractivity contribution is 7.81. The molecule has 9 nitrogen and oxygen atoms in total. The Bertz CT molecular complexity index is 3070. The standard InChI is InChI=1S/C52H42N4O5S2/c1-57-45-29-37(53-51(62)55-41-21-15-35-11-9-31-5-3-7-33-13-19-39(41)49(35)47(31)33)17-23-43(45)60-27-25-59-26-28-61-44-24-18-38(30-46(44)58-2)54-52(63)56-42-22-16-36-12-10-32-6-4-8-34-14-20-40(42)50(36)48(32)34/h3-24,29-30H,25-28H2,1-2H3,(H2,53,55,62)(H2,54,56,63). The van der Waals surface area contributed by atoms with Crippen molar-refractivity contribution in [2.24, 2.45) is 0 Å². The molecule has 4 N–H and O–H groups in total. The van der Waals surface area contributed by atoms with Crippen LogP contribution in [0.25, 0.3) is 64.6 Å².